The van der Waals surface area contributed by atoms with Gasteiger partial charge in [-0.3, -0.25) is 4.79 Å². The van der Waals surface area contributed by atoms with Crippen LogP contribution in [0.15, 0.2) is 36.4 Å². The molecular formula is C14H16N2O3. The quantitative estimate of drug-likeness (QED) is 0.832. The summed E-state index contributed by atoms with van der Waals surface area (Å²) in [7, 11) is 1.50. The molecular weight excluding hydrogens is 244 g/mol. The van der Waals surface area contributed by atoms with Crippen molar-refractivity contribution in [2.75, 3.05) is 19.0 Å². The van der Waals surface area contributed by atoms with Gasteiger partial charge in [-0.25, -0.2) is 4.98 Å². The number of rotatable bonds is 6. The van der Waals surface area contributed by atoms with E-state index in [9.17, 15) is 4.79 Å². The van der Waals surface area contributed by atoms with E-state index in [4.69, 9.17) is 9.84 Å². The lowest BCUT2D eigenvalue weighted by Gasteiger charge is -2.14. The van der Waals surface area contributed by atoms with Gasteiger partial charge in [-0.05, 0) is 18.2 Å². The Labute approximate surface area is 111 Å². The highest BCUT2D eigenvalue weighted by Gasteiger charge is 2.12. The van der Waals surface area contributed by atoms with Gasteiger partial charge in [-0.1, -0.05) is 18.2 Å². The van der Waals surface area contributed by atoms with Gasteiger partial charge in [0.2, 0.25) is 0 Å². The molecule has 2 aromatic rings. The highest BCUT2D eigenvalue weighted by molar-refractivity contribution is 5.80. The van der Waals surface area contributed by atoms with E-state index >= 15 is 0 Å². The van der Waals surface area contributed by atoms with Crippen LogP contribution in [0.25, 0.3) is 10.9 Å². The van der Waals surface area contributed by atoms with E-state index < -0.39 is 5.97 Å². The number of hydrogen-bond acceptors (Lipinski definition) is 4. The summed E-state index contributed by atoms with van der Waals surface area (Å²) in [6.45, 7) is 0.411. The van der Waals surface area contributed by atoms with Gasteiger partial charge in [-0.2, -0.15) is 0 Å². The molecule has 0 aliphatic carbocycles. The summed E-state index contributed by atoms with van der Waals surface area (Å²) < 4.78 is 5.10. The molecule has 1 atom stereocenters. The number of ether oxygens (including phenoxy) is 1. The van der Waals surface area contributed by atoms with Gasteiger partial charge in [0.05, 0.1) is 18.0 Å². The van der Waals surface area contributed by atoms with E-state index in [1.807, 2.05) is 36.4 Å². The summed E-state index contributed by atoms with van der Waals surface area (Å²) in [5, 5.41) is 12.9. The minimum Gasteiger partial charge on any atom is -0.481 e. The average Bonchev–Trinajstić information content (AvgIpc) is 2.42. The fraction of sp³-hybridized carbons (Fsp3) is 0.286. The molecule has 100 valence electrons. The largest absolute Gasteiger partial charge is 0.481 e. The first-order valence-corrected chi connectivity index (χ1v) is 6.03. The highest BCUT2D eigenvalue weighted by atomic mass is 16.5. The number of carboxylic acid groups (broad SMARTS) is 1. The molecule has 1 heterocycles. The number of benzene rings is 1. The second kappa shape index (κ2) is 6.15. The lowest BCUT2D eigenvalue weighted by Crippen LogP contribution is -2.25. The number of hydrogen-bond donors (Lipinski definition) is 2. The summed E-state index contributed by atoms with van der Waals surface area (Å²) in [6.07, 6.45) is -0.400. The summed E-state index contributed by atoms with van der Waals surface area (Å²) in [5.74, 6) is -0.161. The summed E-state index contributed by atoms with van der Waals surface area (Å²) in [4.78, 5) is 15.1. The topological polar surface area (TPSA) is 71.5 Å². The number of nitrogens with zero attached hydrogens (tertiary/aromatic N) is 1. The van der Waals surface area contributed by atoms with Crippen molar-refractivity contribution >= 4 is 22.7 Å². The van der Waals surface area contributed by atoms with E-state index in [1.165, 1.54) is 7.11 Å². The molecule has 19 heavy (non-hydrogen) atoms. The minimum atomic E-state index is -0.875. The number of nitrogens with one attached hydrogen (secondary N) is 1. The monoisotopic (exact) mass is 260 g/mol. The van der Waals surface area contributed by atoms with E-state index in [0.717, 1.165) is 10.9 Å². The molecule has 2 N–H and O–H groups in total. The van der Waals surface area contributed by atoms with Crippen LogP contribution in [0.2, 0.25) is 0 Å². The predicted octanol–water partition coefficient (Wildman–Crippen LogP) is 2.14. The Bertz CT molecular complexity index is 571. The molecule has 5 nitrogen and oxygen atoms in total. The van der Waals surface area contributed by atoms with Crippen molar-refractivity contribution in [2.45, 2.75) is 12.5 Å². The first kappa shape index (κ1) is 13.3. The number of carboxylic acids is 1. The van der Waals surface area contributed by atoms with Crippen LogP contribution in [-0.2, 0) is 9.53 Å². The molecule has 5 heteroatoms. The van der Waals surface area contributed by atoms with Crippen molar-refractivity contribution in [3.63, 3.8) is 0 Å². The molecule has 1 unspecified atom stereocenters. The predicted molar refractivity (Wildman–Crippen MR) is 73.3 cm³/mol. The van der Waals surface area contributed by atoms with Crippen LogP contribution < -0.4 is 5.32 Å². The van der Waals surface area contributed by atoms with Crippen LogP contribution >= 0.6 is 0 Å². The number of fused-ring (bicyclic) bond motifs is 1. The maximum atomic E-state index is 10.6. The Morgan fingerprint density at radius 2 is 2.16 bits per heavy atom. The Morgan fingerprint density at radius 1 is 1.37 bits per heavy atom. The van der Waals surface area contributed by atoms with E-state index in [1.54, 1.807) is 0 Å². The van der Waals surface area contributed by atoms with Crippen LogP contribution in [0.1, 0.15) is 6.42 Å². The number of carbonyl (C=O) groups is 1. The Morgan fingerprint density at radius 3 is 2.89 bits per heavy atom. The number of methoxy groups -OCH3 is 1. The average molecular weight is 260 g/mol. The lowest BCUT2D eigenvalue weighted by atomic mass is 10.2. The molecule has 2 rings (SSSR count). The van der Waals surface area contributed by atoms with Crippen LogP contribution in [0, 0.1) is 0 Å². The van der Waals surface area contributed by atoms with Crippen molar-refractivity contribution in [1.82, 2.24) is 4.98 Å². The highest BCUT2D eigenvalue weighted by Crippen LogP contribution is 2.14. The second-order valence-electron chi connectivity index (χ2n) is 4.23. The standard InChI is InChI=1S/C14H16N2O3/c1-19-11(8-14(17)18)9-15-13-7-6-10-4-2-3-5-12(10)16-13/h2-7,11H,8-9H2,1H3,(H,15,16)(H,17,18). The van der Waals surface area contributed by atoms with Crippen LogP contribution in [-0.4, -0.2) is 35.8 Å². The molecule has 0 aliphatic heterocycles. The fourth-order valence-electron chi connectivity index (χ4n) is 1.82. The van der Waals surface area contributed by atoms with Gasteiger partial charge < -0.3 is 15.2 Å². The number of para-hydroxylation sites is 1. The smallest absolute Gasteiger partial charge is 0.306 e. The molecule has 1 aromatic carbocycles. The van der Waals surface area contributed by atoms with Crippen molar-refractivity contribution in [1.29, 1.82) is 0 Å². The van der Waals surface area contributed by atoms with Gasteiger partial charge in [0.15, 0.2) is 0 Å². The third-order valence-corrected chi connectivity index (χ3v) is 2.84. The Hall–Kier alpha value is -2.14. The molecule has 1 aromatic heterocycles. The minimum absolute atomic E-state index is 0.0307. The molecule has 0 saturated heterocycles. The van der Waals surface area contributed by atoms with Gasteiger partial charge in [0.25, 0.3) is 0 Å². The SMILES string of the molecule is COC(CNc1ccc2ccccc2n1)CC(=O)O. The molecule has 0 aliphatic rings. The van der Waals surface area contributed by atoms with Crippen molar-refractivity contribution in [3.8, 4) is 0 Å². The summed E-state index contributed by atoms with van der Waals surface area (Å²) in [6, 6.07) is 11.7. The molecule has 0 spiro atoms. The zero-order valence-corrected chi connectivity index (χ0v) is 10.7. The Kier molecular flexibility index (Phi) is 4.30. The van der Waals surface area contributed by atoms with Gasteiger partial charge in [0.1, 0.15) is 5.82 Å². The van der Waals surface area contributed by atoms with E-state index in [2.05, 4.69) is 10.3 Å². The van der Waals surface area contributed by atoms with E-state index in [-0.39, 0.29) is 12.5 Å². The Balaban J connectivity index is 2.02. The number of aliphatic carboxylic acids is 1. The van der Waals surface area contributed by atoms with Crippen LogP contribution in [0.4, 0.5) is 5.82 Å². The number of anilines is 1. The van der Waals surface area contributed by atoms with Gasteiger partial charge in [0, 0.05) is 19.0 Å². The third kappa shape index (κ3) is 3.66. The number of aromatic nitrogens is 1. The van der Waals surface area contributed by atoms with Crippen molar-refractivity contribution in [2.24, 2.45) is 0 Å². The normalized spacial score (nSPS) is 12.3. The molecule has 0 saturated carbocycles. The summed E-state index contributed by atoms with van der Waals surface area (Å²) >= 11 is 0. The van der Waals surface area contributed by atoms with E-state index in [0.29, 0.717) is 12.4 Å². The zero-order chi connectivity index (χ0) is 13.7. The second-order valence-corrected chi connectivity index (χ2v) is 4.23. The zero-order valence-electron chi connectivity index (χ0n) is 10.7. The van der Waals surface area contributed by atoms with Crippen molar-refractivity contribution < 1.29 is 14.6 Å². The lowest BCUT2D eigenvalue weighted by molar-refractivity contribution is -0.139. The maximum Gasteiger partial charge on any atom is 0.306 e. The molecule has 0 amide bonds. The van der Waals surface area contributed by atoms with Crippen molar-refractivity contribution in [3.05, 3.63) is 36.4 Å². The fourth-order valence-corrected chi connectivity index (χ4v) is 1.82. The molecule has 0 radical (unpaired) electrons. The first-order valence-electron chi connectivity index (χ1n) is 6.03. The maximum absolute atomic E-state index is 10.6. The summed E-state index contributed by atoms with van der Waals surface area (Å²) in [5.41, 5.74) is 0.903. The van der Waals surface area contributed by atoms with Crippen LogP contribution in [0.5, 0.6) is 0 Å². The third-order valence-electron chi connectivity index (χ3n) is 2.84. The molecule has 0 bridgehead atoms. The van der Waals surface area contributed by atoms with Gasteiger partial charge in [-0.15, -0.1) is 0 Å². The first-order chi connectivity index (χ1) is 9.19. The number of pyridine rings is 1. The molecule has 0 fully saturated rings. The van der Waals surface area contributed by atoms with Crippen LogP contribution in [0.3, 0.4) is 0 Å². The van der Waals surface area contributed by atoms with Gasteiger partial charge >= 0.3 is 5.97 Å².